The lowest BCUT2D eigenvalue weighted by molar-refractivity contribution is -0.385. The summed E-state index contributed by atoms with van der Waals surface area (Å²) < 4.78 is 4.64. The molecule has 7 nitrogen and oxygen atoms in total. The maximum absolute atomic E-state index is 10.5. The quantitative estimate of drug-likeness (QED) is 0.564. The first-order chi connectivity index (χ1) is 7.00. The standard InChI is InChI=1S/C8H7NO6/c10-5-1-2-6(9(13)14)7(3-5)15-4-8(11)12/h1-3,10H,4H2,(H,11,12). The van der Waals surface area contributed by atoms with Gasteiger partial charge in [0.15, 0.2) is 6.61 Å². The van der Waals surface area contributed by atoms with Gasteiger partial charge in [0.1, 0.15) is 5.75 Å². The SMILES string of the molecule is O=C(O)COc1cc(O)ccc1[N+](=O)[O-]. The number of nitro groups is 1. The summed E-state index contributed by atoms with van der Waals surface area (Å²) in [6, 6.07) is 3.14. The molecule has 1 aromatic carbocycles. The van der Waals surface area contributed by atoms with Crippen molar-refractivity contribution in [3.63, 3.8) is 0 Å². The van der Waals surface area contributed by atoms with Crippen molar-refractivity contribution < 1.29 is 24.7 Å². The highest BCUT2D eigenvalue weighted by Gasteiger charge is 2.16. The van der Waals surface area contributed by atoms with Crippen molar-refractivity contribution in [2.75, 3.05) is 6.61 Å². The number of nitrogens with zero attached hydrogens (tertiary/aromatic N) is 1. The number of benzene rings is 1. The summed E-state index contributed by atoms with van der Waals surface area (Å²) in [6.07, 6.45) is 0. The van der Waals surface area contributed by atoms with E-state index in [2.05, 4.69) is 4.74 Å². The van der Waals surface area contributed by atoms with Crippen molar-refractivity contribution in [3.05, 3.63) is 28.3 Å². The van der Waals surface area contributed by atoms with Gasteiger partial charge in [0.25, 0.3) is 0 Å². The van der Waals surface area contributed by atoms with E-state index in [1.807, 2.05) is 0 Å². The first-order valence-corrected chi connectivity index (χ1v) is 3.82. The summed E-state index contributed by atoms with van der Waals surface area (Å²) in [5.74, 6) is -1.77. The minimum atomic E-state index is -1.26. The van der Waals surface area contributed by atoms with Crippen molar-refractivity contribution in [2.45, 2.75) is 0 Å². The first kappa shape index (κ1) is 10.8. The van der Waals surface area contributed by atoms with Gasteiger partial charge in [0.2, 0.25) is 5.75 Å². The number of carbonyl (C=O) groups is 1. The number of aliphatic carboxylic acids is 1. The number of phenolic OH excluding ortho intramolecular Hbond substituents is 1. The molecule has 0 heterocycles. The molecule has 0 aromatic heterocycles. The average molecular weight is 213 g/mol. The molecule has 0 saturated carbocycles. The molecule has 0 aliphatic heterocycles. The van der Waals surface area contributed by atoms with Gasteiger partial charge in [-0.25, -0.2) is 4.79 Å². The molecule has 80 valence electrons. The van der Waals surface area contributed by atoms with Gasteiger partial charge in [0.05, 0.1) is 4.92 Å². The number of hydrogen-bond acceptors (Lipinski definition) is 5. The molecule has 0 aliphatic carbocycles. The molecule has 15 heavy (non-hydrogen) atoms. The maximum Gasteiger partial charge on any atom is 0.341 e. The van der Waals surface area contributed by atoms with Crippen LogP contribution in [-0.4, -0.2) is 27.7 Å². The normalized spacial score (nSPS) is 9.60. The molecular formula is C8H7NO6. The Morgan fingerprint density at radius 1 is 1.53 bits per heavy atom. The monoisotopic (exact) mass is 213 g/mol. The van der Waals surface area contributed by atoms with E-state index in [0.29, 0.717) is 0 Å². The molecular weight excluding hydrogens is 206 g/mol. The largest absolute Gasteiger partial charge is 0.508 e. The molecule has 0 spiro atoms. The molecule has 0 radical (unpaired) electrons. The van der Waals surface area contributed by atoms with E-state index in [1.165, 1.54) is 0 Å². The van der Waals surface area contributed by atoms with Crippen LogP contribution in [0.4, 0.5) is 5.69 Å². The predicted molar refractivity (Wildman–Crippen MR) is 47.9 cm³/mol. The second-order valence-corrected chi connectivity index (χ2v) is 2.59. The Morgan fingerprint density at radius 2 is 2.20 bits per heavy atom. The predicted octanol–water partition coefficient (Wildman–Crippen LogP) is 0.764. The third-order valence-electron chi connectivity index (χ3n) is 1.49. The number of ether oxygens (including phenoxy) is 1. The van der Waals surface area contributed by atoms with E-state index < -0.39 is 23.2 Å². The van der Waals surface area contributed by atoms with Gasteiger partial charge in [0, 0.05) is 12.1 Å². The lowest BCUT2D eigenvalue weighted by Crippen LogP contribution is -2.10. The minimum absolute atomic E-state index is 0.235. The van der Waals surface area contributed by atoms with Crippen molar-refractivity contribution >= 4 is 11.7 Å². The highest BCUT2D eigenvalue weighted by Crippen LogP contribution is 2.30. The fraction of sp³-hybridized carbons (Fsp3) is 0.125. The van der Waals surface area contributed by atoms with Crippen molar-refractivity contribution in [1.29, 1.82) is 0 Å². The van der Waals surface area contributed by atoms with Gasteiger partial charge in [-0.05, 0) is 6.07 Å². The zero-order valence-corrected chi connectivity index (χ0v) is 7.41. The molecule has 0 amide bonds. The molecule has 0 unspecified atom stereocenters. The fourth-order valence-corrected chi connectivity index (χ4v) is 0.909. The van der Waals surface area contributed by atoms with Crippen LogP contribution in [0.2, 0.25) is 0 Å². The number of hydrogen-bond donors (Lipinski definition) is 2. The number of carboxylic acid groups (broad SMARTS) is 1. The topological polar surface area (TPSA) is 110 Å². The molecule has 0 aliphatic rings. The maximum atomic E-state index is 10.5. The van der Waals surface area contributed by atoms with E-state index in [-0.39, 0.29) is 11.5 Å². The van der Waals surface area contributed by atoms with Crippen LogP contribution in [0.15, 0.2) is 18.2 Å². The van der Waals surface area contributed by atoms with Gasteiger partial charge in [-0.3, -0.25) is 10.1 Å². The Kier molecular flexibility index (Phi) is 3.06. The smallest absolute Gasteiger partial charge is 0.341 e. The Hall–Kier alpha value is -2.31. The van der Waals surface area contributed by atoms with E-state index in [0.717, 1.165) is 18.2 Å². The lowest BCUT2D eigenvalue weighted by atomic mass is 10.3. The number of rotatable bonds is 4. The van der Waals surface area contributed by atoms with Crippen LogP contribution in [0, 0.1) is 10.1 Å². The van der Waals surface area contributed by atoms with Gasteiger partial charge in [-0.1, -0.05) is 0 Å². The summed E-state index contributed by atoms with van der Waals surface area (Å²) in [5.41, 5.74) is -0.394. The first-order valence-electron chi connectivity index (χ1n) is 3.82. The molecule has 0 bridgehead atoms. The van der Waals surface area contributed by atoms with Gasteiger partial charge >= 0.3 is 11.7 Å². The van der Waals surface area contributed by atoms with E-state index in [1.54, 1.807) is 0 Å². The van der Waals surface area contributed by atoms with Gasteiger partial charge < -0.3 is 14.9 Å². The third kappa shape index (κ3) is 2.83. The molecule has 0 fully saturated rings. The zero-order valence-electron chi connectivity index (χ0n) is 7.41. The Morgan fingerprint density at radius 3 is 2.73 bits per heavy atom. The summed E-state index contributed by atoms with van der Waals surface area (Å²) in [5, 5.41) is 27.8. The van der Waals surface area contributed by atoms with Crippen LogP contribution in [-0.2, 0) is 4.79 Å². The highest BCUT2D eigenvalue weighted by molar-refractivity contribution is 5.68. The Bertz CT molecular complexity index is 402. The third-order valence-corrected chi connectivity index (χ3v) is 1.49. The zero-order chi connectivity index (χ0) is 11.4. The number of aromatic hydroxyl groups is 1. The molecule has 2 N–H and O–H groups in total. The van der Waals surface area contributed by atoms with E-state index in [9.17, 15) is 14.9 Å². The summed E-state index contributed by atoms with van der Waals surface area (Å²) in [4.78, 5) is 19.9. The highest BCUT2D eigenvalue weighted by atomic mass is 16.6. The van der Waals surface area contributed by atoms with Gasteiger partial charge in [-0.2, -0.15) is 0 Å². The fourth-order valence-electron chi connectivity index (χ4n) is 0.909. The molecule has 0 saturated heterocycles. The number of phenols is 1. The van der Waals surface area contributed by atoms with E-state index >= 15 is 0 Å². The number of carboxylic acids is 1. The molecule has 1 aromatic rings. The minimum Gasteiger partial charge on any atom is -0.508 e. The van der Waals surface area contributed by atoms with Crippen LogP contribution in [0.5, 0.6) is 11.5 Å². The van der Waals surface area contributed by atoms with Crippen LogP contribution in [0.25, 0.3) is 0 Å². The Labute approximate surface area is 83.7 Å². The molecule has 1 rings (SSSR count). The van der Waals surface area contributed by atoms with Crippen LogP contribution < -0.4 is 4.74 Å². The lowest BCUT2D eigenvalue weighted by Gasteiger charge is -2.03. The molecule has 7 heteroatoms. The average Bonchev–Trinajstić information content (AvgIpc) is 2.14. The molecule has 0 atom stereocenters. The summed E-state index contributed by atoms with van der Waals surface area (Å²) >= 11 is 0. The van der Waals surface area contributed by atoms with Crippen LogP contribution in [0.3, 0.4) is 0 Å². The summed E-state index contributed by atoms with van der Waals surface area (Å²) in [7, 11) is 0. The van der Waals surface area contributed by atoms with E-state index in [4.69, 9.17) is 10.2 Å². The second kappa shape index (κ2) is 4.27. The van der Waals surface area contributed by atoms with Crippen LogP contribution in [0.1, 0.15) is 0 Å². The number of nitro benzene ring substituents is 1. The summed E-state index contributed by atoms with van der Waals surface area (Å²) in [6.45, 7) is -0.704. The van der Waals surface area contributed by atoms with Crippen molar-refractivity contribution in [2.24, 2.45) is 0 Å². The Balaban J connectivity index is 2.96. The van der Waals surface area contributed by atoms with Crippen molar-refractivity contribution in [3.8, 4) is 11.5 Å². The van der Waals surface area contributed by atoms with Crippen molar-refractivity contribution in [1.82, 2.24) is 0 Å². The van der Waals surface area contributed by atoms with Crippen LogP contribution >= 0.6 is 0 Å². The second-order valence-electron chi connectivity index (χ2n) is 2.59. The van der Waals surface area contributed by atoms with Gasteiger partial charge in [-0.15, -0.1) is 0 Å².